The highest BCUT2D eigenvalue weighted by Gasteiger charge is 2.19. The number of hydrogen-bond acceptors (Lipinski definition) is 6. The summed E-state index contributed by atoms with van der Waals surface area (Å²) >= 11 is 0. The second kappa shape index (κ2) is 71.1. The van der Waals surface area contributed by atoms with Gasteiger partial charge in [0, 0.05) is 19.3 Å². The van der Waals surface area contributed by atoms with Crippen LogP contribution in [0.2, 0.25) is 0 Å². The number of unbranched alkanes of at least 4 members (excludes halogenated alkanes) is 41. The van der Waals surface area contributed by atoms with Crippen molar-refractivity contribution >= 4 is 17.9 Å². The Morgan fingerprint density at radius 1 is 0.253 bits per heavy atom. The molecule has 83 heavy (non-hydrogen) atoms. The van der Waals surface area contributed by atoms with Crippen molar-refractivity contribution in [3.05, 3.63) is 85.1 Å². The fraction of sp³-hybridized carbons (Fsp3) is 0.779. The minimum Gasteiger partial charge on any atom is -0.462 e. The van der Waals surface area contributed by atoms with Crippen molar-refractivity contribution in [3.8, 4) is 0 Å². The third-order valence-corrected chi connectivity index (χ3v) is 15.9. The molecule has 0 aromatic rings. The van der Waals surface area contributed by atoms with Gasteiger partial charge in [-0.25, -0.2) is 0 Å². The maximum atomic E-state index is 13.0. The van der Waals surface area contributed by atoms with E-state index in [2.05, 4.69) is 106 Å². The maximum absolute atomic E-state index is 13.0. The topological polar surface area (TPSA) is 78.9 Å². The second-order valence-corrected chi connectivity index (χ2v) is 24.1. The summed E-state index contributed by atoms with van der Waals surface area (Å²) in [7, 11) is 0. The number of hydrogen-bond donors (Lipinski definition) is 0. The first-order chi connectivity index (χ1) is 41.0. The van der Waals surface area contributed by atoms with Gasteiger partial charge in [0.05, 0.1) is 0 Å². The van der Waals surface area contributed by atoms with E-state index in [1.165, 1.54) is 231 Å². The van der Waals surface area contributed by atoms with Crippen molar-refractivity contribution in [2.75, 3.05) is 13.2 Å². The van der Waals surface area contributed by atoms with E-state index < -0.39 is 6.10 Å². The number of carbonyl (C=O) groups excluding carboxylic acids is 3. The first-order valence-electron chi connectivity index (χ1n) is 36.1. The quantitative estimate of drug-likeness (QED) is 0.0261. The Balaban J connectivity index is 4.32. The molecule has 0 N–H and O–H groups in total. The highest BCUT2D eigenvalue weighted by molar-refractivity contribution is 5.71. The van der Waals surface area contributed by atoms with Gasteiger partial charge in [-0.1, -0.05) is 318 Å². The van der Waals surface area contributed by atoms with Crippen molar-refractivity contribution in [3.63, 3.8) is 0 Å². The lowest BCUT2D eigenvalue weighted by molar-refractivity contribution is -0.167. The van der Waals surface area contributed by atoms with E-state index in [1.807, 2.05) is 0 Å². The van der Waals surface area contributed by atoms with Gasteiger partial charge >= 0.3 is 17.9 Å². The molecule has 480 valence electrons. The maximum Gasteiger partial charge on any atom is 0.306 e. The highest BCUT2D eigenvalue weighted by Crippen LogP contribution is 2.17. The van der Waals surface area contributed by atoms with E-state index in [-0.39, 0.29) is 31.1 Å². The normalized spacial score (nSPS) is 12.6. The van der Waals surface area contributed by atoms with Crippen LogP contribution in [0.5, 0.6) is 0 Å². The van der Waals surface area contributed by atoms with Crippen molar-refractivity contribution in [1.29, 1.82) is 0 Å². The zero-order valence-electron chi connectivity index (χ0n) is 55.2. The largest absolute Gasteiger partial charge is 0.462 e. The van der Waals surface area contributed by atoms with E-state index in [0.717, 1.165) is 96.3 Å². The lowest BCUT2D eigenvalue weighted by Gasteiger charge is -2.18. The zero-order chi connectivity index (χ0) is 59.9. The molecule has 0 fully saturated rings. The van der Waals surface area contributed by atoms with Gasteiger partial charge in [0.25, 0.3) is 0 Å². The van der Waals surface area contributed by atoms with Crippen molar-refractivity contribution in [2.45, 2.75) is 374 Å². The van der Waals surface area contributed by atoms with Gasteiger partial charge in [0.1, 0.15) is 13.2 Å². The summed E-state index contributed by atoms with van der Waals surface area (Å²) in [5.41, 5.74) is 0. The van der Waals surface area contributed by atoms with Gasteiger partial charge < -0.3 is 14.2 Å². The van der Waals surface area contributed by atoms with Crippen LogP contribution < -0.4 is 0 Å². The summed E-state index contributed by atoms with van der Waals surface area (Å²) in [6, 6.07) is 0. The van der Waals surface area contributed by atoms with Gasteiger partial charge in [-0.3, -0.25) is 14.4 Å². The van der Waals surface area contributed by atoms with E-state index in [9.17, 15) is 14.4 Å². The molecule has 6 nitrogen and oxygen atoms in total. The predicted molar refractivity (Wildman–Crippen MR) is 362 cm³/mol. The molecule has 0 aromatic carbocycles. The summed E-state index contributed by atoms with van der Waals surface area (Å²) in [5, 5.41) is 0. The molecule has 1 atom stereocenters. The van der Waals surface area contributed by atoms with Crippen LogP contribution in [0.15, 0.2) is 85.1 Å². The van der Waals surface area contributed by atoms with Gasteiger partial charge in [-0.2, -0.15) is 0 Å². The molecule has 0 aliphatic carbocycles. The summed E-state index contributed by atoms with van der Waals surface area (Å²) in [4.78, 5) is 38.5. The van der Waals surface area contributed by atoms with Crippen molar-refractivity contribution in [1.82, 2.24) is 0 Å². The molecule has 0 rings (SSSR count). The van der Waals surface area contributed by atoms with Gasteiger partial charge in [0.2, 0.25) is 0 Å². The van der Waals surface area contributed by atoms with Crippen LogP contribution in [0.4, 0.5) is 0 Å². The Morgan fingerprint density at radius 2 is 0.470 bits per heavy atom. The lowest BCUT2D eigenvalue weighted by Crippen LogP contribution is -2.30. The monoisotopic (exact) mass is 1160 g/mol. The smallest absolute Gasteiger partial charge is 0.306 e. The van der Waals surface area contributed by atoms with Gasteiger partial charge in [-0.05, 0) is 116 Å². The summed E-state index contributed by atoms with van der Waals surface area (Å²) < 4.78 is 17.0. The number of esters is 3. The Bertz CT molecular complexity index is 1570. The second-order valence-electron chi connectivity index (χ2n) is 24.1. The third kappa shape index (κ3) is 69.3. The minimum absolute atomic E-state index is 0.0787. The highest BCUT2D eigenvalue weighted by atomic mass is 16.6. The molecule has 1 unspecified atom stereocenters. The van der Waals surface area contributed by atoms with Crippen LogP contribution in [-0.2, 0) is 28.6 Å². The zero-order valence-corrected chi connectivity index (χ0v) is 55.2. The number of allylic oxidation sites excluding steroid dienone is 14. The van der Waals surface area contributed by atoms with Crippen molar-refractivity contribution < 1.29 is 28.6 Å². The minimum atomic E-state index is -0.785. The summed E-state index contributed by atoms with van der Waals surface area (Å²) in [5.74, 6) is -0.872. The number of ether oxygens (including phenoxy) is 3. The van der Waals surface area contributed by atoms with Crippen LogP contribution in [0.3, 0.4) is 0 Å². The Labute approximate surface area is 515 Å². The molecule has 6 heteroatoms. The molecule has 0 saturated carbocycles. The Hall–Kier alpha value is -3.41. The van der Waals surface area contributed by atoms with Crippen LogP contribution in [-0.4, -0.2) is 37.2 Å². The van der Waals surface area contributed by atoms with Crippen LogP contribution in [0.25, 0.3) is 0 Å². The molecule has 0 aromatic heterocycles. The molecule has 0 amide bonds. The molecule has 0 aliphatic heterocycles. The SMILES string of the molecule is CC/C=C\C/C=C\C/C=C\C/C=C\CCCCCCCCCCC(=O)OC(COC(=O)CCCCCCCCC/C=C\CCCCCCCC)COC(=O)CCCCCCCCCCCCCCCCC/C=C\C/C=C\CCCCCCC. The van der Waals surface area contributed by atoms with E-state index >= 15 is 0 Å². The number of carbonyl (C=O) groups is 3. The molecule has 0 bridgehead atoms. The molecular weight excluding hydrogens is 1020 g/mol. The molecule has 0 heterocycles. The molecule has 0 spiro atoms. The van der Waals surface area contributed by atoms with Crippen molar-refractivity contribution in [2.24, 2.45) is 0 Å². The average Bonchev–Trinajstić information content (AvgIpc) is 3.50. The Kier molecular flexibility index (Phi) is 68.2. The Morgan fingerprint density at radius 3 is 0.747 bits per heavy atom. The first kappa shape index (κ1) is 79.6. The van der Waals surface area contributed by atoms with E-state index in [1.54, 1.807) is 0 Å². The van der Waals surface area contributed by atoms with E-state index in [0.29, 0.717) is 19.3 Å². The standard InChI is InChI=1S/C77H136O6/c1-4-7-10-13-16-19-22-25-28-31-33-35-36-37-38-39-40-42-43-46-49-52-55-58-61-64-67-70-76(79)82-73-74(72-81-75(78)69-66-63-60-57-54-51-48-45-30-27-24-21-18-15-12-9-6-3)83-77(80)71-68-65-62-59-56-53-50-47-44-41-34-32-29-26-23-20-17-14-11-8-5-2/h8,11,17,20,22,25-27,29-31,33-34,41,74H,4-7,9-10,12-16,18-19,21,23-24,28,32,35-40,42-73H2,1-3H3/b11-8-,20-17-,25-22-,29-26-,30-27-,33-31-,41-34-. The average molecular weight is 1160 g/mol. The summed E-state index contributed by atoms with van der Waals surface area (Å²) in [6.07, 6.45) is 94.6. The fourth-order valence-corrected chi connectivity index (χ4v) is 10.5. The molecular formula is C77H136O6. The van der Waals surface area contributed by atoms with Gasteiger partial charge in [-0.15, -0.1) is 0 Å². The molecule has 0 saturated heterocycles. The predicted octanol–water partition coefficient (Wildman–Crippen LogP) is 25.0. The summed E-state index contributed by atoms with van der Waals surface area (Å²) in [6.45, 7) is 6.56. The van der Waals surface area contributed by atoms with Crippen LogP contribution in [0.1, 0.15) is 367 Å². The molecule has 0 radical (unpaired) electrons. The fourth-order valence-electron chi connectivity index (χ4n) is 10.5. The van der Waals surface area contributed by atoms with Crippen LogP contribution in [0, 0.1) is 0 Å². The van der Waals surface area contributed by atoms with E-state index in [4.69, 9.17) is 14.2 Å². The van der Waals surface area contributed by atoms with Crippen LogP contribution >= 0.6 is 0 Å². The lowest BCUT2D eigenvalue weighted by atomic mass is 10.0. The molecule has 0 aliphatic rings. The number of rotatable bonds is 66. The first-order valence-corrected chi connectivity index (χ1v) is 36.1. The van der Waals surface area contributed by atoms with Gasteiger partial charge in [0.15, 0.2) is 6.10 Å². The third-order valence-electron chi connectivity index (χ3n) is 15.9.